The Morgan fingerprint density at radius 2 is 1.25 bits per heavy atom. The minimum absolute atomic E-state index is 0.0718. The summed E-state index contributed by atoms with van der Waals surface area (Å²) in [5.41, 5.74) is 20.3. The second kappa shape index (κ2) is 23.7. The monoisotopic (exact) mass is 486 g/mol. The largest absolute Gasteiger partial charge is 0.480 e. The highest BCUT2D eigenvalue weighted by atomic mass is 32.2. The summed E-state index contributed by atoms with van der Waals surface area (Å²) in [5, 5.41) is 32.5. The number of hydrogen-bond donors (Lipinski definition) is 8. The zero-order valence-electron chi connectivity index (χ0n) is 19.6. The van der Waals surface area contributed by atoms with Crippen molar-refractivity contribution in [3.63, 3.8) is 0 Å². The Hall–Kier alpha value is -1.93. The van der Waals surface area contributed by atoms with Gasteiger partial charge in [0, 0.05) is 0 Å². The van der Waals surface area contributed by atoms with Crippen LogP contribution >= 0.6 is 11.8 Å². The molecule has 0 unspecified atom stereocenters. The molecular weight excluding hydrogens is 444 g/mol. The normalized spacial score (nSPS) is 13.4. The summed E-state index contributed by atoms with van der Waals surface area (Å²) in [6.07, 6.45) is 3.84. The zero-order chi connectivity index (χ0) is 26.4. The van der Waals surface area contributed by atoms with Crippen molar-refractivity contribution in [1.82, 2.24) is 0 Å². The predicted octanol–water partition coefficient (Wildman–Crippen LogP) is 0.0699. The van der Waals surface area contributed by atoms with Gasteiger partial charge in [-0.1, -0.05) is 34.1 Å². The summed E-state index contributed by atoms with van der Waals surface area (Å²) < 4.78 is 0. The lowest BCUT2D eigenvalue weighted by Crippen LogP contribution is -2.36. The Kier molecular flexibility index (Phi) is 27.7. The van der Waals surface area contributed by atoms with E-state index < -0.39 is 42.0 Å². The SMILES string of the molecule is CC(C)C[C@H](N)C(=O)O.CC[C@H](C)[C@H](N)C(=O)O.CSCC[C@H](N)C(=O)O.NCC(=O)O. The van der Waals surface area contributed by atoms with Crippen LogP contribution in [-0.2, 0) is 19.2 Å². The molecule has 0 saturated heterocycles. The fraction of sp³-hybridized carbons (Fsp3) is 0.789. The summed E-state index contributed by atoms with van der Waals surface area (Å²) in [5.74, 6) is -2.46. The smallest absolute Gasteiger partial charge is 0.320 e. The molecular formula is C19H42N4O8S. The Labute approximate surface area is 194 Å². The van der Waals surface area contributed by atoms with Crippen molar-refractivity contribution in [1.29, 1.82) is 0 Å². The molecule has 0 radical (unpaired) electrons. The van der Waals surface area contributed by atoms with Gasteiger partial charge < -0.3 is 43.4 Å². The predicted molar refractivity (Wildman–Crippen MR) is 125 cm³/mol. The zero-order valence-corrected chi connectivity index (χ0v) is 20.4. The second-order valence-electron chi connectivity index (χ2n) is 7.15. The molecule has 4 atom stereocenters. The number of rotatable bonds is 11. The molecule has 13 heteroatoms. The highest BCUT2D eigenvalue weighted by Gasteiger charge is 2.17. The molecule has 32 heavy (non-hydrogen) atoms. The van der Waals surface area contributed by atoms with Crippen LogP contribution in [0.25, 0.3) is 0 Å². The molecule has 0 fully saturated rings. The van der Waals surface area contributed by atoms with E-state index in [-0.39, 0.29) is 12.5 Å². The topological polar surface area (TPSA) is 253 Å². The van der Waals surface area contributed by atoms with Gasteiger partial charge in [-0.3, -0.25) is 19.2 Å². The van der Waals surface area contributed by atoms with Crippen LogP contribution in [0.1, 0.15) is 47.0 Å². The lowest BCUT2D eigenvalue weighted by molar-refractivity contribution is -0.140. The quantitative estimate of drug-likeness (QED) is 0.192. The van der Waals surface area contributed by atoms with Crippen molar-refractivity contribution in [3.8, 4) is 0 Å². The first-order chi connectivity index (χ1) is 14.6. The lowest BCUT2D eigenvalue weighted by Gasteiger charge is -2.11. The minimum atomic E-state index is -0.968. The molecule has 192 valence electrons. The molecule has 0 saturated carbocycles. The van der Waals surface area contributed by atoms with Gasteiger partial charge in [-0.2, -0.15) is 11.8 Å². The molecule has 0 amide bonds. The molecule has 0 spiro atoms. The van der Waals surface area contributed by atoms with Gasteiger partial charge in [0.25, 0.3) is 0 Å². The third-order valence-electron chi connectivity index (χ3n) is 3.71. The summed E-state index contributed by atoms with van der Waals surface area (Å²) in [7, 11) is 0. The van der Waals surface area contributed by atoms with Crippen LogP contribution in [0.3, 0.4) is 0 Å². The van der Waals surface area contributed by atoms with Crippen molar-refractivity contribution >= 4 is 35.6 Å². The average molecular weight is 487 g/mol. The lowest BCUT2D eigenvalue weighted by atomic mass is 10.0. The van der Waals surface area contributed by atoms with Crippen molar-refractivity contribution in [3.05, 3.63) is 0 Å². The Morgan fingerprint density at radius 3 is 1.41 bits per heavy atom. The first-order valence-corrected chi connectivity index (χ1v) is 11.3. The van der Waals surface area contributed by atoms with E-state index in [9.17, 15) is 19.2 Å². The first-order valence-electron chi connectivity index (χ1n) is 9.94. The molecule has 0 rings (SSSR count). The van der Waals surface area contributed by atoms with Crippen molar-refractivity contribution < 1.29 is 39.6 Å². The Bertz CT molecular complexity index is 524. The summed E-state index contributed by atoms with van der Waals surface area (Å²) in [6, 6.07) is -2.07. The third-order valence-corrected chi connectivity index (χ3v) is 4.35. The molecule has 0 aliphatic rings. The fourth-order valence-electron chi connectivity index (χ4n) is 1.47. The molecule has 0 aliphatic carbocycles. The number of carboxylic acids is 4. The molecule has 0 aromatic rings. The maximum atomic E-state index is 10.2. The van der Waals surface area contributed by atoms with Crippen LogP contribution in [0, 0.1) is 11.8 Å². The van der Waals surface area contributed by atoms with Gasteiger partial charge in [0.15, 0.2) is 0 Å². The van der Waals surface area contributed by atoms with Gasteiger partial charge in [-0.25, -0.2) is 0 Å². The van der Waals surface area contributed by atoms with Gasteiger partial charge in [-0.05, 0) is 36.7 Å². The van der Waals surface area contributed by atoms with E-state index in [0.717, 1.165) is 12.2 Å². The van der Waals surface area contributed by atoms with E-state index >= 15 is 0 Å². The first kappa shape index (κ1) is 37.4. The molecule has 0 aliphatic heterocycles. The van der Waals surface area contributed by atoms with Crippen LogP contribution in [0.5, 0.6) is 0 Å². The number of hydrogen-bond acceptors (Lipinski definition) is 9. The number of carboxylic acid groups (broad SMARTS) is 4. The van der Waals surface area contributed by atoms with Crippen LogP contribution in [0.15, 0.2) is 0 Å². The molecule has 12 nitrogen and oxygen atoms in total. The molecule has 0 bridgehead atoms. The standard InChI is InChI=1S/2C6H13NO2.C5H11NO2S.C2H5NO2/c1-4(2)3-5(7)6(8)9;1-3-4(2)5(7)6(8)9;1-9-3-2-4(6)5(7)8;3-1-2(4)5/h2*4-5H,3,7H2,1-2H3,(H,8,9);4H,2-3,6H2,1H3,(H,7,8);1,3H2,(H,4,5)/t5-;4-,5-;4-;/m000./s1. The maximum absolute atomic E-state index is 10.2. The maximum Gasteiger partial charge on any atom is 0.320 e. The summed E-state index contributed by atoms with van der Waals surface area (Å²) in [6.45, 7) is 7.37. The van der Waals surface area contributed by atoms with E-state index in [2.05, 4.69) is 5.73 Å². The highest BCUT2D eigenvalue weighted by molar-refractivity contribution is 7.98. The van der Waals surface area contributed by atoms with Gasteiger partial charge in [0.1, 0.15) is 18.1 Å². The van der Waals surface area contributed by atoms with E-state index in [1.165, 1.54) is 0 Å². The van der Waals surface area contributed by atoms with E-state index in [1.807, 2.05) is 34.0 Å². The van der Waals surface area contributed by atoms with Crippen LogP contribution in [-0.4, -0.2) is 81.0 Å². The highest BCUT2D eigenvalue weighted by Crippen LogP contribution is 2.04. The van der Waals surface area contributed by atoms with Crippen LogP contribution in [0.4, 0.5) is 0 Å². The number of aliphatic carboxylic acids is 4. The third kappa shape index (κ3) is 30.3. The molecule has 0 aromatic heterocycles. The van der Waals surface area contributed by atoms with Crippen LogP contribution in [0.2, 0.25) is 0 Å². The van der Waals surface area contributed by atoms with Gasteiger partial charge in [0.2, 0.25) is 0 Å². The van der Waals surface area contributed by atoms with Gasteiger partial charge in [-0.15, -0.1) is 0 Å². The van der Waals surface area contributed by atoms with E-state index in [0.29, 0.717) is 18.8 Å². The fourth-order valence-corrected chi connectivity index (χ4v) is 1.96. The minimum Gasteiger partial charge on any atom is -0.480 e. The van der Waals surface area contributed by atoms with Crippen molar-refractivity contribution in [2.24, 2.45) is 34.8 Å². The summed E-state index contributed by atoms with van der Waals surface area (Å²) in [4.78, 5) is 39.6. The van der Waals surface area contributed by atoms with E-state index in [4.69, 9.17) is 37.6 Å². The molecule has 0 aromatic carbocycles. The average Bonchev–Trinajstić information content (AvgIpc) is 2.71. The summed E-state index contributed by atoms with van der Waals surface area (Å²) >= 11 is 1.60. The number of carbonyl (C=O) groups is 4. The van der Waals surface area contributed by atoms with Crippen molar-refractivity contribution in [2.45, 2.75) is 65.1 Å². The van der Waals surface area contributed by atoms with Gasteiger partial charge in [0.05, 0.1) is 6.54 Å². The number of thioether (sulfide) groups is 1. The Morgan fingerprint density at radius 1 is 0.844 bits per heavy atom. The molecule has 12 N–H and O–H groups in total. The van der Waals surface area contributed by atoms with Gasteiger partial charge >= 0.3 is 23.9 Å². The van der Waals surface area contributed by atoms with E-state index in [1.54, 1.807) is 11.8 Å². The second-order valence-corrected chi connectivity index (χ2v) is 8.13. The van der Waals surface area contributed by atoms with Crippen LogP contribution < -0.4 is 22.9 Å². The van der Waals surface area contributed by atoms with Crippen molar-refractivity contribution in [2.75, 3.05) is 18.6 Å². The Balaban J connectivity index is -0.000000167. The number of nitrogens with two attached hydrogens (primary N) is 4. The molecule has 0 heterocycles.